The Balaban J connectivity index is 1.82. The average molecular weight is 377 g/mol. The van der Waals surface area contributed by atoms with Crippen LogP contribution in [-0.4, -0.2) is 39.5 Å². The first-order valence-electron chi connectivity index (χ1n) is 9.24. The third kappa shape index (κ3) is 3.08. The van der Waals surface area contributed by atoms with Crippen molar-refractivity contribution >= 4 is 16.9 Å². The smallest absolute Gasteiger partial charge is 0.182 e. The molecule has 0 radical (unpaired) electrons. The predicted octanol–water partition coefficient (Wildman–Crippen LogP) is 3.08. The molecule has 4 aromatic rings. The Morgan fingerprint density at radius 1 is 1.11 bits per heavy atom. The van der Waals surface area contributed by atoms with Gasteiger partial charge < -0.3 is 9.88 Å². The highest BCUT2D eigenvalue weighted by atomic mass is 15.3. The first-order chi connectivity index (χ1) is 13.5. The molecule has 4 aromatic heterocycles. The van der Waals surface area contributed by atoms with Crippen LogP contribution in [0.3, 0.4) is 0 Å². The lowest BCUT2D eigenvalue weighted by Crippen LogP contribution is -2.16. The Labute approximate surface area is 162 Å². The van der Waals surface area contributed by atoms with Crippen molar-refractivity contribution in [2.24, 2.45) is 7.05 Å². The first-order valence-corrected chi connectivity index (χ1v) is 9.24. The molecule has 144 valence electrons. The molecule has 0 aliphatic heterocycles. The monoisotopic (exact) mass is 377 g/mol. The van der Waals surface area contributed by atoms with Crippen LogP contribution >= 0.6 is 0 Å². The summed E-state index contributed by atoms with van der Waals surface area (Å²) in [5.74, 6) is 2.11. The highest BCUT2D eigenvalue weighted by Crippen LogP contribution is 2.29. The fourth-order valence-corrected chi connectivity index (χ4v) is 3.28. The molecule has 0 aliphatic rings. The minimum atomic E-state index is -0.0980. The van der Waals surface area contributed by atoms with Crippen LogP contribution in [0.2, 0.25) is 0 Å². The number of anilines is 1. The molecule has 0 aliphatic carbocycles. The number of hydrogen-bond donors (Lipinski definition) is 1. The molecule has 4 rings (SSSR count). The van der Waals surface area contributed by atoms with Crippen LogP contribution in [0, 0.1) is 6.92 Å². The van der Waals surface area contributed by atoms with Crippen molar-refractivity contribution in [2.75, 3.05) is 5.32 Å². The minimum Gasteiger partial charge on any atom is -0.360 e. The van der Waals surface area contributed by atoms with Crippen molar-refractivity contribution in [1.82, 2.24) is 39.5 Å². The maximum atomic E-state index is 4.77. The number of aromatic nitrogens is 8. The molecule has 1 N–H and O–H groups in total. The lowest BCUT2D eigenvalue weighted by Gasteiger charge is -2.18. The van der Waals surface area contributed by atoms with Crippen LogP contribution in [0.4, 0.5) is 5.82 Å². The van der Waals surface area contributed by atoms with E-state index in [9.17, 15) is 0 Å². The van der Waals surface area contributed by atoms with Gasteiger partial charge in [0.25, 0.3) is 0 Å². The van der Waals surface area contributed by atoms with Crippen LogP contribution in [0.5, 0.6) is 0 Å². The summed E-state index contributed by atoms with van der Waals surface area (Å²) in [5, 5.41) is 17.3. The van der Waals surface area contributed by atoms with Gasteiger partial charge in [-0.2, -0.15) is 5.10 Å². The molecule has 0 saturated heterocycles. The zero-order valence-corrected chi connectivity index (χ0v) is 16.6. The largest absolute Gasteiger partial charge is 0.360 e. The summed E-state index contributed by atoms with van der Waals surface area (Å²) in [7, 11) is 1.88. The maximum Gasteiger partial charge on any atom is 0.182 e. The molecular formula is C19H23N9. The van der Waals surface area contributed by atoms with E-state index >= 15 is 0 Å². The number of nitrogens with one attached hydrogen (secondary N) is 1. The third-order valence-electron chi connectivity index (χ3n) is 4.65. The molecule has 0 saturated carbocycles. The van der Waals surface area contributed by atoms with Crippen LogP contribution in [0.25, 0.3) is 22.6 Å². The molecular weight excluding hydrogens is 354 g/mol. The summed E-state index contributed by atoms with van der Waals surface area (Å²) < 4.78 is 3.82. The Hall–Kier alpha value is -3.36. The molecule has 0 fully saturated rings. The van der Waals surface area contributed by atoms with Crippen molar-refractivity contribution < 1.29 is 0 Å². The lowest BCUT2D eigenvalue weighted by atomic mass is 10.2. The van der Waals surface area contributed by atoms with E-state index in [-0.39, 0.29) is 12.1 Å². The molecule has 0 unspecified atom stereocenters. The van der Waals surface area contributed by atoms with Crippen LogP contribution < -0.4 is 5.32 Å². The molecule has 0 amide bonds. The number of hydrogen-bond acceptors (Lipinski definition) is 7. The predicted molar refractivity (Wildman–Crippen MR) is 107 cm³/mol. The molecule has 4 heterocycles. The maximum absolute atomic E-state index is 4.77. The number of nitrogens with zero attached hydrogens (tertiary/aromatic N) is 8. The highest BCUT2D eigenvalue weighted by molar-refractivity contribution is 5.90. The van der Waals surface area contributed by atoms with Gasteiger partial charge in [0.15, 0.2) is 17.3 Å². The second-order valence-corrected chi connectivity index (χ2v) is 7.07. The van der Waals surface area contributed by atoms with Crippen molar-refractivity contribution in [2.45, 2.75) is 39.8 Å². The van der Waals surface area contributed by atoms with Crippen LogP contribution in [-0.2, 0) is 7.05 Å². The quantitative estimate of drug-likeness (QED) is 0.570. The summed E-state index contributed by atoms with van der Waals surface area (Å²) >= 11 is 0. The van der Waals surface area contributed by atoms with Crippen molar-refractivity contribution in [3.05, 3.63) is 42.2 Å². The van der Waals surface area contributed by atoms with Crippen LogP contribution in [0.15, 0.2) is 30.7 Å². The van der Waals surface area contributed by atoms with Gasteiger partial charge in [-0.25, -0.2) is 9.97 Å². The van der Waals surface area contributed by atoms with Crippen molar-refractivity contribution in [3.63, 3.8) is 0 Å². The molecule has 0 aromatic carbocycles. The Morgan fingerprint density at radius 3 is 2.64 bits per heavy atom. The van der Waals surface area contributed by atoms with Crippen LogP contribution in [0.1, 0.15) is 44.4 Å². The second kappa shape index (κ2) is 6.99. The molecule has 0 spiro atoms. The topological polar surface area (TPSA) is 99.2 Å². The number of pyridine rings is 1. The highest BCUT2D eigenvalue weighted by Gasteiger charge is 2.21. The van der Waals surface area contributed by atoms with Gasteiger partial charge in [0.2, 0.25) is 0 Å². The van der Waals surface area contributed by atoms with Gasteiger partial charge in [-0.15, -0.1) is 10.2 Å². The van der Waals surface area contributed by atoms with E-state index in [0.29, 0.717) is 17.3 Å². The SMILES string of the molecule is Cc1nn(C)c2nc(-c3ccccn3)nc(N[C@H](C)c3nncn3C(C)C)c12. The molecule has 0 bridgehead atoms. The summed E-state index contributed by atoms with van der Waals surface area (Å²) in [6.07, 6.45) is 3.49. The summed E-state index contributed by atoms with van der Waals surface area (Å²) in [6, 6.07) is 5.86. The summed E-state index contributed by atoms with van der Waals surface area (Å²) in [4.78, 5) is 13.9. The Bertz CT molecular complexity index is 1110. The minimum absolute atomic E-state index is 0.0980. The van der Waals surface area contributed by atoms with Gasteiger partial charge in [0, 0.05) is 19.3 Å². The Morgan fingerprint density at radius 2 is 1.93 bits per heavy atom. The summed E-state index contributed by atoms with van der Waals surface area (Å²) in [5.41, 5.74) is 2.34. The molecule has 9 heteroatoms. The Kier molecular flexibility index (Phi) is 4.50. The van der Waals surface area contributed by atoms with Crippen molar-refractivity contribution in [1.29, 1.82) is 0 Å². The molecule has 9 nitrogen and oxygen atoms in total. The van der Waals surface area contributed by atoms with Gasteiger partial charge in [-0.3, -0.25) is 9.67 Å². The van der Waals surface area contributed by atoms with E-state index in [1.54, 1.807) is 17.2 Å². The number of aryl methyl sites for hydroxylation is 2. The number of fused-ring (bicyclic) bond motifs is 1. The zero-order chi connectivity index (χ0) is 19.8. The standard InChI is InChI=1S/C19H23N9/c1-11(2)28-10-21-25-18(28)13(4)22-17-15-12(3)26-27(5)19(15)24-16(23-17)14-8-6-7-9-20-14/h6-11,13H,1-5H3,(H,22,23,24)/t13-/m1/s1. The lowest BCUT2D eigenvalue weighted by molar-refractivity contribution is 0.552. The average Bonchev–Trinajstić information content (AvgIpc) is 3.28. The zero-order valence-electron chi connectivity index (χ0n) is 16.6. The van der Waals surface area contributed by atoms with Crippen molar-refractivity contribution in [3.8, 4) is 11.5 Å². The second-order valence-electron chi connectivity index (χ2n) is 7.07. The third-order valence-corrected chi connectivity index (χ3v) is 4.65. The van der Waals surface area contributed by atoms with Gasteiger partial charge in [-0.1, -0.05) is 6.07 Å². The van der Waals surface area contributed by atoms with Gasteiger partial charge >= 0.3 is 0 Å². The van der Waals surface area contributed by atoms with E-state index in [2.05, 4.69) is 39.4 Å². The number of rotatable bonds is 5. The van der Waals surface area contributed by atoms with E-state index in [1.807, 2.05) is 43.7 Å². The van der Waals surface area contributed by atoms with Gasteiger partial charge in [0.05, 0.1) is 17.1 Å². The van der Waals surface area contributed by atoms with E-state index in [1.165, 1.54) is 0 Å². The van der Waals surface area contributed by atoms with E-state index < -0.39 is 0 Å². The van der Waals surface area contributed by atoms with Gasteiger partial charge in [0.1, 0.15) is 17.8 Å². The molecule has 1 atom stereocenters. The summed E-state index contributed by atoms with van der Waals surface area (Å²) in [6.45, 7) is 8.21. The van der Waals surface area contributed by atoms with Gasteiger partial charge in [-0.05, 0) is 39.8 Å². The fourth-order valence-electron chi connectivity index (χ4n) is 3.28. The van der Waals surface area contributed by atoms with E-state index in [0.717, 1.165) is 22.6 Å². The normalized spacial score (nSPS) is 12.6. The molecule has 28 heavy (non-hydrogen) atoms. The first kappa shape index (κ1) is 18.0. The fraction of sp³-hybridized carbons (Fsp3) is 0.368. The van der Waals surface area contributed by atoms with E-state index in [4.69, 9.17) is 9.97 Å².